The molecular formula is C19H15ClN6O6S. The number of amides is 2. The van der Waals surface area contributed by atoms with Gasteiger partial charge in [0.05, 0.1) is 24.7 Å². The Balaban J connectivity index is 1.55. The fourth-order valence-corrected chi connectivity index (χ4v) is 3.45. The maximum atomic E-state index is 12.3. The zero-order valence-electron chi connectivity index (χ0n) is 16.8. The van der Waals surface area contributed by atoms with Gasteiger partial charge in [0.15, 0.2) is 11.5 Å². The van der Waals surface area contributed by atoms with Crippen LogP contribution in [0, 0.1) is 10.1 Å². The molecule has 0 saturated heterocycles. The molecule has 0 aliphatic carbocycles. The van der Waals surface area contributed by atoms with E-state index >= 15 is 0 Å². The lowest BCUT2D eigenvalue weighted by Crippen LogP contribution is -2.19. The van der Waals surface area contributed by atoms with E-state index in [2.05, 4.69) is 26.0 Å². The van der Waals surface area contributed by atoms with E-state index in [0.29, 0.717) is 10.6 Å². The lowest BCUT2D eigenvalue weighted by atomic mass is 10.2. The van der Waals surface area contributed by atoms with Crippen molar-refractivity contribution >= 4 is 51.8 Å². The Kier molecular flexibility index (Phi) is 7.48. The number of phenolic OH excluding ortho intramolecular Hbond substituents is 1. The maximum absolute atomic E-state index is 12.3. The van der Waals surface area contributed by atoms with E-state index in [1.165, 1.54) is 31.5 Å². The lowest BCUT2D eigenvalue weighted by Gasteiger charge is -2.03. The number of hydrogen-bond donors (Lipinski definition) is 3. The molecule has 3 aromatic rings. The molecule has 0 atom stereocenters. The Morgan fingerprint density at radius 2 is 2.09 bits per heavy atom. The topological polar surface area (TPSA) is 169 Å². The minimum absolute atomic E-state index is 0.0190. The van der Waals surface area contributed by atoms with Gasteiger partial charge < -0.3 is 9.84 Å². The smallest absolute Gasteiger partial charge is 0.287 e. The van der Waals surface area contributed by atoms with Crippen molar-refractivity contribution in [3.63, 3.8) is 0 Å². The molecule has 14 heteroatoms. The lowest BCUT2D eigenvalue weighted by molar-refractivity contribution is -0.384. The van der Waals surface area contributed by atoms with Gasteiger partial charge in [-0.3, -0.25) is 25.0 Å². The summed E-state index contributed by atoms with van der Waals surface area (Å²) in [5.41, 5.74) is 2.71. The molecule has 3 N–H and O–H groups in total. The van der Waals surface area contributed by atoms with E-state index in [1.807, 2.05) is 0 Å². The van der Waals surface area contributed by atoms with Crippen LogP contribution in [0.25, 0.3) is 0 Å². The third-order valence-corrected chi connectivity index (χ3v) is 5.15. The predicted octanol–water partition coefficient (Wildman–Crippen LogP) is 2.76. The van der Waals surface area contributed by atoms with Crippen LogP contribution >= 0.6 is 22.9 Å². The van der Waals surface area contributed by atoms with Crippen LogP contribution in [0.2, 0.25) is 5.02 Å². The number of methoxy groups -OCH3 is 1. The average molecular weight is 491 g/mol. The Bertz CT molecular complexity index is 1250. The number of aromatic nitrogens is 2. The molecule has 0 spiro atoms. The quantitative estimate of drug-likeness (QED) is 0.246. The molecule has 0 fully saturated rings. The Morgan fingerprint density at radius 1 is 1.30 bits per heavy atom. The highest BCUT2D eigenvalue weighted by atomic mass is 35.5. The summed E-state index contributed by atoms with van der Waals surface area (Å²) in [6, 6.07) is 8.13. The van der Waals surface area contributed by atoms with Crippen molar-refractivity contribution in [2.75, 3.05) is 12.4 Å². The van der Waals surface area contributed by atoms with Crippen LogP contribution in [-0.2, 0) is 11.2 Å². The van der Waals surface area contributed by atoms with Gasteiger partial charge in [0.25, 0.3) is 11.6 Å². The van der Waals surface area contributed by atoms with Crippen molar-refractivity contribution in [1.82, 2.24) is 15.6 Å². The zero-order valence-corrected chi connectivity index (χ0v) is 18.4. The molecule has 0 unspecified atom stereocenters. The number of benzene rings is 2. The average Bonchev–Trinajstić information content (AvgIpc) is 3.20. The van der Waals surface area contributed by atoms with Gasteiger partial charge >= 0.3 is 0 Å². The monoisotopic (exact) mass is 490 g/mol. The van der Waals surface area contributed by atoms with Gasteiger partial charge in [-0.1, -0.05) is 22.9 Å². The largest absolute Gasteiger partial charge is 0.504 e. The summed E-state index contributed by atoms with van der Waals surface area (Å²) in [6.07, 6.45) is 1.24. The molecule has 1 aromatic heterocycles. The number of anilines is 1. The summed E-state index contributed by atoms with van der Waals surface area (Å²) >= 11 is 6.80. The van der Waals surface area contributed by atoms with Crippen LogP contribution in [0.15, 0.2) is 41.5 Å². The van der Waals surface area contributed by atoms with Gasteiger partial charge in [0, 0.05) is 11.6 Å². The van der Waals surface area contributed by atoms with Gasteiger partial charge in [0.2, 0.25) is 11.0 Å². The highest BCUT2D eigenvalue weighted by Crippen LogP contribution is 2.26. The minimum Gasteiger partial charge on any atom is -0.504 e. The number of rotatable bonds is 8. The van der Waals surface area contributed by atoms with Gasteiger partial charge in [-0.05, 0) is 35.9 Å². The number of nitrogens with one attached hydrogen (secondary N) is 2. The van der Waals surface area contributed by atoms with Gasteiger partial charge in [-0.25, -0.2) is 5.43 Å². The van der Waals surface area contributed by atoms with E-state index in [9.17, 15) is 24.8 Å². The third kappa shape index (κ3) is 6.21. The summed E-state index contributed by atoms with van der Waals surface area (Å²) in [7, 11) is 1.41. The molecule has 2 amide bonds. The molecule has 0 aliphatic rings. The fraction of sp³-hybridized carbons (Fsp3) is 0.105. The minimum atomic E-state index is -0.655. The Hall–Kier alpha value is -4.10. The highest BCUT2D eigenvalue weighted by molar-refractivity contribution is 7.15. The number of nitro benzene ring substituents is 1. The summed E-state index contributed by atoms with van der Waals surface area (Å²) in [4.78, 5) is 34.5. The molecule has 12 nitrogen and oxygen atoms in total. The first-order chi connectivity index (χ1) is 15.8. The maximum Gasteiger partial charge on any atom is 0.287 e. The first-order valence-electron chi connectivity index (χ1n) is 9.03. The molecule has 0 bridgehead atoms. The Morgan fingerprint density at radius 3 is 2.79 bits per heavy atom. The number of phenols is 1. The molecule has 0 aliphatic heterocycles. The first kappa shape index (κ1) is 23.6. The van der Waals surface area contributed by atoms with Crippen LogP contribution in [0.4, 0.5) is 10.8 Å². The van der Waals surface area contributed by atoms with E-state index in [1.54, 1.807) is 12.1 Å². The van der Waals surface area contributed by atoms with E-state index in [-0.39, 0.29) is 39.3 Å². The second-order valence-corrected chi connectivity index (χ2v) is 7.75. The van der Waals surface area contributed by atoms with Gasteiger partial charge in [0.1, 0.15) is 10.0 Å². The van der Waals surface area contributed by atoms with E-state index in [4.69, 9.17) is 16.3 Å². The number of carbonyl (C=O) groups excluding carboxylic acids is 2. The van der Waals surface area contributed by atoms with Crippen molar-refractivity contribution in [2.45, 2.75) is 6.42 Å². The molecule has 3 rings (SSSR count). The number of nitrogens with zero attached hydrogens (tertiary/aromatic N) is 4. The summed E-state index contributed by atoms with van der Waals surface area (Å²) in [6.45, 7) is 0. The number of nitro groups is 1. The van der Waals surface area contributed by atoms with Crippen molar-refractivity contribution in [1.29, 1.82) is 0 Å². The SMILES string of the molecule is COc1cc(/C=N\NC(=O)Cc2nnc(NC(=O)c3ccc([N+](=O)[O-])c(Cl)c3)s2)ccc1O. The van der Waals surface area contributed by atoms with Crippen LogP contribution in [-0.4, -0.2) is 45.4 Å². The standard InChI is InChI=1S/C19H15ClN6O6S/c1-32-15-6-10(2-5-14(15)27)9-21-23-16(28)8-17-24-25-19(33-17)22-18(29)11-3-4-13(26(30)31)12(20)7-11/h2-7,9,27H,8H2,1H3,(H,23,28)(H,22,25,29)/b21-9-. The third-order valence-electron chi connectivity index (χ3n) is 4.01. The number of hydrogen-bond acceptors (Lipinski definition) is 10. The zero-order chi connectivity index (χ0) is 24.0. The molecule has 170 valence electrons. The molecule has 2 aromatic carbocycles. The summed E-state index contributed by atoms with van der Waals surface area (Å²) in [5.74, 6) is -0.805. The Labute approximate surface area is 195 Å². The summed E-state index contributed by atoms with van der Waals surface area (Å²) < 4.78 is 4.99. The van der Waals surface area contributed by atoms with E-state index in [0.717, 1.165) is 17.4 Å². The number of ether oxygens (including phenoxy) is 1. The predicted molar refractivity (Wildman–Crippen MR) is 120 cm³/mol. The second kappa shape index (κ2) is 10.5. The van der Waals surface area contributed by atoms with Crippen molar-refractivity contribution < 1.29 is 24.4 Å². The molecule has 0 saturated carbocycles. The van der Waals surface area contributed by atoms with E-state index < -0.39 is 16.7 Å². The highest BCUT2D eigenvalue weighted by Gasteiger charge is 2.17. The number of aromatic hydroxyl groups is 1. The molecular weight excluding hydrogens is 476 g/mol. The second-order valence-electron chi connectivity index (χ2n) is 6.28. The van der Waals surface area contributed by atoms with Crippen molar-refractivity contribution in [3.05, 3.63) is 67.7 Å². The van der Waals surface area contributed by atoms with Gasteiger partial charge in [-0.15, -0.1) is 10.2 Å². The van der Waals surface area contributed by atoms with Crippen LogP contribution in [0.5, 0.6) is 11.5 Å². The van der Waals surface area contributed by atoms with Crippen molar-refractivity contribution in [2.24, 2.45) is 5.10 Å². The number of hydrazone groups is 1. The molecule has 0 radical (unpaired) electrons. The van der Waals surface area contributed by atoms with Crippen LogP contribution in [0.1, 0.15) is 20.9 Å². The van der Waals surface area contributed by atoms with Gasteiger partial charge in [-0.2, -0.15) is 5.10 Å². The first-order valence-corrected chi connectivity index (χ1v) is 10.2. The number of halogens is 1. The number of carbonyl (C=O) groups is 2. The van der Waals surface area contributed by atoms with Crippen LogP contribution in [0.3, 0.4) is 0 Å². The molecule has 33 heavy (non-hydrogen) atoms. The van der Waals surface area contributed by atoms with Crippen LogP contribution < -0.4 is 15.5 Å². The van der Waals surface area contributed by atoms with Crippen molar-refractivity contribution in [3.8, 4) is 11.5 Å². The summed E-state index contributed by atoms with van der Waals surface area (Å²) in [5, 5.41) is 34.6. The molecule has 1 heterocycles. The normalized spacial score (nSPS) is 10.7. The fourth-order valence-electron chi connectivity index (χ4n) is 2.47.